The van der Waals surface area contributed by atoms with Gasteiger partial charge in [-0.05, 0) is 23.8 Å². The molecule has 0 fully saturated rings. The number of ether oxygens (including phenoxy) is 2. The average Bonchev–Trinajstić information content (AvgIpc) is 2.64. The maximum absolute atomic E-state index is 12.3. The first kappa shape index (κ1) is 21.0. The smallest absolute Gasteiger partial charge is 0.444 e. The zero-order valence-corrected chi connectivity index (χ0v) is 15.1. The van der Waals surface area contributed by atoms with Crippen molar-refractivity contribution < 1.29 is 32.2 Å². The number of hydrogen-bond acceptors (Lipinski definition) is 4. The number of rotatable bonds is 6. The van der Waals surface area contributed by atoms with Crippen LogP contribution in [0.4, 0.5) is 13.2 Å². The molecular formula is C20H18F3NO4. The van der Waals surface area contributed by atoms with Crippen LogP contribution in [-0.2, 0) is 14.3 Å². The van der Waals surface area contributed by atoms with E-state index < -0.39 is 24.3 Å². The number of carbonyl (C=O) groups is 2. The van der Waals surface area contributed by atoms with Gasteiger partial charge in [-0.3, -0.25) is 4.79 Å². The lowest BCUT2D eigenvalue weighted by Gasteiger charge is -2.20. The van der Waals surface area contributed by atoms with Crippen LogP contribution in [0.5, 0.6) is 5.75 Å². The van der Waals surface area contributed by atoms with Crippen molar-refractivity contribution in [2.75, 3.05) is 14.1 Å². The molecule has 0 bridgehead atoms. The fourth-order valence-electron chi connectivity index (χ4n) is 2.22. The summed E-state index contributed by atoms with van der Waals surface area (Å²) in [5, 5.41) is 0. The first-order valence-electron chi connectivity index (χ1n) is 8.16. The molecule has 0 N–H and O–H groups in total. The second-order valence-electron chi connectivity index (χ2n) is 5.91. The van der Waals surface area contributed by atoms with Crippen LogP contribution in [0.2, 0.25) is 0 Å². The summed E-state index contributed by atoms with van der Waals surface area (Å²) in [7, 11) is 3.10. The van der Waals surface area contributed by atoms with Gasteiger partial charge in [0.05, 0.1) is 0 Å². The van der Waals surface area contributed by atoms with Crippen LogP contribution in [-0.4, -0.2) is 37.2 Å². The quantitative estimate of drug-likeness (QED) is 0.551. The standard InChI is InChI=1S/C20H18F3NO4/c1-24(2)19(26)18(15-6-4-3-5-7-15)27-17(25)13-10-14-8-11-16(12-9-14)28-20(21,22)23/h3-13,18H,1-2H3/b13-10+. The third-order valence-corrected chi connectivity index (χ3v) is 3.53. The molecule has 0 radical (unpaired) electrons. The fraction of sp³-hybridized carbons (Fsp3) is 0.200. The van der Waals surface area contributed by atoms with Crippen molar-refractivity contribution in [3.05, 3.63) is 71.8 Å². The Morgan fingerprint density at radius 3 is 2.14 bits per heavy atom. The van der Waals surface area contributed by atoms with E-state index in [4.69, 9.17) is 4.74 Å². The van der Waals surface area contributed by atoms with Crippen molar-refractivity contribution in [1.82, 2.24) is 4.90 Å². The molecule has 1 unspecified atom stereocenters. The first-order valence-corrected chi connectivity index (χ1v) is 8.16. The third-order valence-electron chi connectivity index (χ3n) is 3.53. The maximum atomic E-state index is 12.3. The first-order chi connectivity index (χ1) is 13.2. The van der Waals surface area contributed by atoms with E-state index in [0.717, 1.165) is 18.2 Å². The van der Waals surface area contributed by atoms with Gasteiger partial charge in [-0.2, -0.15) is 0 Å². The lowest BCUT2D eigenvalue weighted by molar-refractivity contribution is -0.274. The zero-order valence-electron chi connectivity index (χ0n) is 15.1. The average molecular weight is 393 g/mol. The summed E-state index contributed by atoms with van der Waals surface area (Å²) in [4.78, 5) is 25.8. The Labute approximate surface area is 160 Å². The van der Waals surface area contributed by atoms with E-state index in [2.05, 4.69) is 4.74 Å². The predicted molar refractivity (Wildman–Crippen MR) is 96.1 cm³/mol. The highest BCUT2D eigenvalue weighted by atomic mass is 19.4. The van der Waals surface area contributed by atoms with Crippen LogP contribution >= 0.6 is 0 Å². The summed E-state index contributed by atoms with van der Waals surface area (Å²) < 4.78 is 45.5. The number of carbonyl (C=O) groups excluding carboxylic acids is 2. The van der Waals surface area contributed by atoms with Gasteiger partial charge in [-0.1, -0.05) is 42.5 Å². The summed E-state index contributed by atoms with van der Waals surface area (Å²) in [6.45, 7) is 0. The second-order valence-corrected chi connectivity index (χ2v) is 5.91. The van der Waals surface area contributed by atoms with Gasteiger partial charge in [0, 0.05) is 25.7 Å². The zero-order chi connectivity index (χ0) is 20.7. The van der Waals surface area contributed by atoms with E-state index >= 15 is 0 Å². The minimum Gasteiger partial charge on any atom is -0.444 e. The molecule has 0 saturated carbocycles. The molecule has 0 heterocycles. The molecule has 28 heavy (non-hydrogen) atoms. The van der Waals surface area contributed by atoms with Gasteiger partial charge >= 0.3 is 12.3 Å². The van der Waals surface area contributed by atoms with Gasteiger partial charge in [0.2, 0.25) is 6.10 Å². The van der Waals surface area contributed by atoms with E-state index in [1.807, 2.05) is 0 Å². The van der Waals surface area contributed by atoms with Crippen LogP contribution in [0.1, 0.15) is 17.2 Å². The largest absolute Gasteiger partial charge is 0.573 e. The molecule has 0 aliphatic rings. The Balaban J connectivity index is 2.07. The van der Waals surface area contributed by atoms with E-state index in [0.29, 0.717) is 11.1 Å². The number of hydrogen-bond donors (Lipinski definition) is 0. The van der Waals surface area contributed by atoms with Gasteiger partial charge < -0.3 is 14.4 Å². The second kappa shape index (κ2) is 9.07. The topological polar surface area (TPSA) is 55.8 Å². The van der Waals surface area contributed by atoms with Crippen molar-refractivity contribution in [1.29, 1.82) is 0 Å². The van der Waals surface area contributed by atoms with E-state index in [1.54, 1.807) is 44.4 Å². The van der Waals surface area contributed by atoms with E-state index in [1.165, 1.54) is 23.1 Å². The normalized spacial score (nSPS) is 12.5. The fourth-order valence-corrected chi connectivity index (χ4v) is 2.22. The Kier molecular flexibility index (Phi) is 6.81. The summed E-state index contributed by atoms with van der Waals surface area (Å²) in [5.41, 5.74) is 0.985. The molecule has 2 aromatic carbocycles. The molecular weight excluding hydrogens is 375 g/mol. The molecule has 0 aromatic heterocycles. The number of esters is 1. The number of alkyl halides is 3. The lowest BCUT2D eigenvalue weighted by atomic mass is 10.1. The number of amides is 1. The number of benzene rings is 2. The van der Waals surface area contributed by atoms with Crippen molar-refractivity contribution in [3.8, 4) is 5.75 Å². The van der Waals surface area contributed by atoms with E-state index in [-0.39, 0.29) is 5.75 Å². The van der Waals surface area contributed by atoms with Crippen LogP contribution < -0.4 is 4.74 Å². The Morgan fingerprint density at radius 2 is 1.61 bits per heavy atom. The minimum atomic E-state index is -4.77. The molecule has 148 valence electrons. The van der Waals surface area contributed by atoms with Crippen molar-refractivity contribution in [2.24, 2.45) is 0 Å². The van der Waals surface area contributed by atoms with Crippen LogP contribution in [0.15, 0.2) is 60.7 Å². The minimum absolute atomic E-state index is 0.368. The van der Waals surface area contributed by atoms with Crippen molar-refractivity contribution in [2.45, 2.75) is 12.5 Å². The highest BCUT2D eigenvalue weighted by Crippen LogP contribution is 2.23. The molecule has 5 nitrogen and oxygen atoms in total. The summed E-state index contributed by atoms with van der Waals surface area (Å²) in [5.74, 6) is -1.53. The molecule has 2 aromatic rings. The van der Waals surface area contributed by atoms with Gasteiger partial charge in [-0.15, -0.1) is 13.2 Å². The van der Waals surface area contributed by atoms with Crippen LogP contribution in [0.3, 0.4) is 0 Å². The third kappa shape index (κ3) is 6.46. The molecule has 0 saturated heterocycles. The highest BCUT2D eigenvalue weighted by Gasteiger charge is 2.31. The lowest BCUT2D eigenvalue weighted by Crippen LogP contribution is -2.30. The molecule has 1 amide bonds. The molecule has 0 spiro atoms. The monoisotopic (exact) mass is 393 g/mol. The molecule has 1 atom stereocenters. The van der Waals surface area contributed by atoms with E-state index in [9.17, 15) is 22.8 Å². The summed E-state index contributed by atoms with van der Waals surface area (Å²) in [6.07, 6.45) is -3.41. The summed E-state index contributed by atoms with van der Waals surface area (Å²) in [6, 6.07) is 13.5. The Hall–Kier alpha value is -3.29. The van der Waals surface area contributed by atoms with Gasteiger partial charge in [0.25, 0.3) is 5.91 Å². The predicted octanol–water partition coefficient (Wildman–Crippen LogP) is 3.97. The molecule has 2 rings (SSSR count). The number of halogens is 3. The van der Waals surface area contributed by atoms with Crippen LogP contribution in [0.25, 0.3) is 6.08 Å². The Morgan fingerprint density at radius 1 is 1.00 bits per heavy atom. The molecule has 8 heteroatoms. The van der Waals surface area contributed by atoms with Crippen LogP contribution in [0, 0.1) is 0 Å². The SMILES string of the molecule is CN(C)C(=O)C(OC(=O)/C=C/c1ccc(OC(F)(F)F)cc1)c1ccccc1. The molecule has 0 aliphatic heterocycles. The van der Waals surface area contributed by atoms with Gasteiger partial charge in [-0.25, -0.2) is 4.79 Å². The highest BCUT2D eigenvalue weighted by molar-refractivity contribution is 5.90. The number of nitrogens with zero attached hydrogens (tertiary/aromatic N) is 1. The van der Waals surface area contributed by atoms with Crippen molar-refractivity contribution >= 4 is 18.0 Å². The van der Waals surface area contributed by atoms with Gasteiger partial charge in [0.1, 0.15) is 5.75 Å². The number of likely N-dealkylation sites (N-methyl/N-ethyl adjacent to an activating group) is 1. The van der Waals surface area contributed by atoms with Crippen molar-refractivity contribution in [3.63, 3.8) is 0 Å². The Bertz CT molecular complexity index is 831. The molecule has 0 aliphatic carbocycles. The summed E-state index contributed by atoms with van der Waals surface area (Å²) >= 11 is 0. The maximum Gasteiger partial charge on any atom is 0.573 e. The van der Waals surface area contributed by atoms with Gasteiger partial charge in [0.15, 0.2) is 0 Å².